The van der Waals surface area contributed by atoms with Gasteiger partial charge in [-0.2, -0.15) is 35.8 Å². The normalized spacial score (nSPS) is 12.6. The molecule has 3 aromatic rings. The molecule has 0 radical (unpaired) electrons. The summed E-state index contributed by atoms with van der Waals surface area (Å²) in [6.07, 6.45) is -11.1. The number of benzene rings is 1. The van der Waals surface area contributed by atoms with Crippen molar-refractivity contribution in [1.82, 2.24) is 19.6 Å². The Balaban J connectivity index is 2.32. The molecule has 2 heterocycles. The van der Waals surface area contributed by atoms with Gasteiger partial charge in [0.05, 0.1) is 23.2 Å². The summed E-state index contributed by atoms with van der Waals surface area (Å²) in [7, 11) is 0. The highest BCUT2D eigenvalue weighted by atomic mass is 127. The summed E-state index contributed by atoms with van der Waals surface area (Å²) >= 11 is 1.69. The minimum absolute atomic E-state index is 0.123. The van der Waals surface area contributed by atoms with E-state index in [9.17, 15) is 39.5 Å². The molecule has 0 bridgehead atoms. The van der Waals surface area contributed by atoms with Crippen molar-refractivity contribution in [1.29, 1.82) is 0 Å². The highest BCUT2D eigenvalue weighted by Gasteiger charge is 2.37. The lowest BCUT2D eigenvalue weighted by Crippen LogP contribution is -2.18. The van der Waals surface area contributed by atoms with Crippen molar-refractivity contribution in [3.63, 3.8) is 0 Å². The number of fused-ring (bicyclic) bond motifs is 1. The summed E-state index contributed by atoms with van der Waals surface area (Å²) in [5.74, 6) is -7.04. The quantitative estimate of drug-likeness (QED) is 0.250. The first-order valence-electron chi connectivity index (χ1n) is 8.20. The molecule has 0 aliphatic carbocycles. The van der Waals surface area contributed by atoms with Crippen LogP contribution in [0.2, 0.25) is 0 Å². The number of nitrogens with one attached hydrogen (secondary N) is 1. The molecule has 5 nitrogen and oxygen atoms in total. The molecule has 3 rings (SSSR count). The van der Waals surface area contributed by atoms with E-state index in [1.165, 1.54) is 0 Å². The second kappa shape index (κ2) is 8.31. The van der Waals surface area contributed by atoms with Gasteiger partial charge in [-0.05, 0) is 0 Å². The van der Waals surface area contributed by atoms with Gasteiger partial charge in [0.2, 0.25) is 0 Å². The maximum atomic E-state index is 14.5. The molecule has 0 aliphatic heterocycles. The van der Waals surface area contributed by atoms with Gasteiger partial charge in [0.1, 0.15) is 23.3 Å². The highest BCUT2D eigenvalue weighted by Crippen LogP contribution is 2.37. The van der Waals surface area contributed by atoms with Gasteiger partial charge in [0.15, 0.2) is 0 Å². The second-order valence-corrected chi connectivity index (χ2v) is 6.86. The number of hydrogen-bond donors (Lipinski definition) is 1. The van der Waals surface area contributed by atoms with Crippen LogP contribution in [0.4, 0.5) is 45.3 Å². The molecule has 2 aromatic heterocycles. The zero-order chi connectivity index (χ0) is 23.1. The highest BCUT2D eigenvalue weighted by molar-refractivity contribution is 14.1. The SMILES string of the molecule is Fc1cc(F)c(-c2c(CI)nc3nc(C(F)(F)F)nn3c2NCCC(F)(F)F)c(F)c1. The second-order valence-electron chi connectivity index (χ2n) is 6.10. The van der Waals surface area contributed by atoms with Crippen molar-refractivity contribution in [2.75, 3.05) is 11.9 Å². The Morgan fingerprint density at radius 2 is 1.55 bits per heavy atom. The van der Waals surface area contributed by atoms with Gasteiger partial charge in [-0.15, -0.1) is 5.10 Å². The van der Waals surface area contributed by atoms with Gasteiger partial charge in [-0.25, -0.2) is 18.2 Å². The summed E-state index contributed by atoms with van der Waals surface area (Å²) in [4.78, 5) is 7.03. The largest absolute Gasteiger partial charge is 0.453 e. The van der Waals surface area contributed by atoms with Crippen LogP contribution in [0.5, 0.6) is 0 Å². The fourth-order valence-electron chi connectivity index (χ4n) is 2.69. The summed E-state index contributed by atoms with van der Waals surface area (Å²) < 4.78 is 119. The maximum absolute atomic E-state index is 14.5. The third-order valence-corrected chi connectivity index (χ3v) is 4.62. The van der Waals surface area contributed by atoms with Crippen molar-refractivity contribution in [2.45, 2.75) is 23.2 Å². The molecule has 1 N–H and O–H groups in total. The van der Waals surface area contributed by atoms with Crippen LogP contribution in [-0.4, -0.2) is 32.3 Å². The number of aromatic nitrogens is 4. The standard InChI is InChI=1S/C16H9F9IN5/c17-6-3-7(18)10(8(19)4-6)11-9(5-26)28-14-29-13(16(23,24)25)30-31(14)12(11)27-2-1-15(20,21)22/h3-4,27H,1-2,5H2. The summed E-state index contributed by atoms with van der Waals surface area (Å²) in [6, 6.07) is 0.642. The van der Waals surface area contributed by atoms with Gasteiger partial charge in [0.25, 0.3) is 11.6 Å². The lowest BCUT2D eigenvalue weighted by molar-refractivity contribution is -0.144. The molecule has 0 atom stereocenters. The van der Waals surface area contributed by atoms with Crippen LogP contribution in [0.3, 0.4) is 0 Å². The molecule has 0 saturated carbocycles. The van der Waals surface area contributed by atoms with Crippen LogP contribution >= 0.6 is 22.6 Å². The Kier molecular flexibility index (Phi) is 6.25. The van der Waals surface area contributed by atoms with Crippen LogP contribution in [0.25, 0.3) is 16.9 Å². The molecule has 0 unspecified atom stereocenters. The van der Waals surface area contributed by atoms with Crippen LogP contribution in [-0.2, 0) is 10.6 Å². The van der Waals surface area contributed by atoms with E-state index >= 15 is 0 Å². The van der Waals surface area contributed by atoms with Crippen LogP contribution < -0.4 is 5.32 Å². The van der Waals surface area contributed by atoms with Crippen LogP contribution in [0, 0.1) is 17.5 Å². The maximum Gasteiger partial charge on any atom is 0.453 e. The third kappa shape index (κ3) is 4.95. The molecule has 15 heteroatoms. The Labute approximate surface area is 180 Å². The number of anilines is 1. The van der Waals surface area contributed by atoms with Gasteiger partial charge < -0.3 is 5.32 Å². The predicted molar refractivity (Wildman–Crippen MR) is 98.0 cm³/mol. The van der Waals surface area contributed by atoms with Gasteiger partial charge in [-0.3, -0.25) is 0 Å². The molecule has 0 aliphatic rings. The first-order chi connectivity index (χ1) is 14.3. The van der Waals surface area contributed by atoms with E-state index in [4.69, 9.17) is 0 Å². The molecule has 1 aromatic carbocycles. The first-order valence-corrected chi connectivity index (χ1v) is 9.72. The molecule has 0 amide bonds. The van der Waals surface area contributed by atoms with E-state index in [1.54, 1.807) is 22.6 Å². The van der Waals surface area contributed by atoms with Crippen molar-refractivity contribution in [2.24, 2.45) is 0 Å². The number of halogens is 10. The van der Waals surface area contributed by atoms with Crippen molar-refractivity contribution < 1.29 is 39.5 Å². The smallest absolute Gasteiger partial charge is 0.369 e. The number of nitrogens with zero attached hydrogens (tertiary/aromatic N) is 4. The van der Waals surface area contributed by atoms with Crippen LogP contribution in [0.15, 0.2) is 12.1 Å². The average Bonchev–Trinajstić information content (AvgIpc) is 3.05. The van der Waals surface area contributed by atoms with Gasteiger partial charge in [-0.1, -0.05) is 22.6 Å². The van der Waals surface area contributed by atoms with E-state index in [2.05, 4.69) is 20.4 Å². The Morgan fingerprint density at radius 1 is 0.935 bits per heavy atom. The van der Waals surface area contributed by atoms with E-state index in [1.807, 2.05) is 0 Å². The molecular weight excluding hydrogens is 560 g/mol. The van der Waals surface area contributed by atoms with Crippen molar-refractivity contribution in [3.05, 3.63) is 41.1 Å². The number of hydrogen-bond acceptors (Lipinski definition) is 4. The summed E-state index contributed by atoms with van der Waals surface area (Å²) in [5.41, 5.74) is -1.59. The average molecular weight is 569 g/mol. The summed E-state index contributed by atoms with van der Waals surface area (Å²) in [6.45, 7) is -0.859. The molecule has 168 valence electrons. The number of rotatable bonds is 5. The topological polar surface area (TPSA) is 55.1 Å². The molecule has 0 spiro atoms. The zero-order valence-electron chi connectivity index (χ0n) is 14.8. The van der Waals surface area contributed by atoms with Gasteiger partial charge >= 0.3 is 12.4 Å². The Bertz CT molecular complexity index is 1100. The van der Waals surface area contributed by atoms with Gasteiger partial charge in [0, 0.05) is 23.1 Å². The predicted octanol–water partition coefficient (Wildman–Crippen LogP) is 5.53. The number of alkyl halides is 7. The Morgan fingerprint density at radius 3 is 2.06 bits per heavy atom. The minimum Gasteiger partial charge on any atom is -0.369 e. The molecular formula is C16H9F9IN5. The zero-order valence-corrected chi connectivity index (χ0v) is 17.0. The van der Waals surface area contributed by atoms with Crippen molar-refractivity contribution >= 4 is 34.2 Å². The van der Waals surface area contributed by atoms with E-state index < -0.39 is 71.3 Å². The lowest BCUT2D eigenvalue weighted by atomic mass is 10.0. The Hall–Kier alpha value is -2.33. The van der Waals surface area contributed by atoms with Crippen molar-refractivity contribution in [3.8, 4) is 11.1 Å². The fourth-order valence-corrected chi connectivity index (χ4v) is 3.24. The molecule has 0 fully saturated rings. The minimum atomic E-state index is -5.02. The fraction of sp³-hybridized carbons (Fsp3) is 0.312. The van der Waals surface area contributed by atoms with E-state index in [0.717, 1.165) is 0 Å². The first kappa shape index (κ1) is 23.3. The molecule has 31 heavy (non-hydrogen) atoms. The molecule has 0 saturated heterocycles. The monoisotopic (exact) mass is 569 g/mol. The third-order valence-electron chi connectivity index (χ3n) is 3.90. The van der Waals surface area contributed by atoms with E-state index in [0.29, 0.717) is 16.6 Å². The lowest BCUT2D eigenvalue weighted by Gasteiger charge is -2.17. The summed E-state index contributed by atoms with van der Waals surface area (Å²) in [5, 5.41) is 5.41. The van der Waals surface area contributed by atoms with E-state index in [-0.39, 0.29) is 10.1 Å². The van der Waals surface area contributed by atoms with Crippen LogP contribution in [0.1, 0.15) is 17.9 Å².